The SMILES string of the molecule is CNCc1cn(S(=O)(=O)c2cccc(OC(F)F)c2)c2cc(Nc3ccc(Cl)cc3F)ccc12.Cl. The minimum absolute atomic E-state index is 0. The highest BCUT2D eigenvalue weighted by Gasteiger charge is 2.22. The van der Waals surface area contributed by atoms with Crippen LogP contribution in [0, 0.1) is 5.82 Å². The van der Waals surface area contributed by atoms with E-state index in [4.69, 9.17) is 11.6 Å². The lowest BCUT2D eigenvalue weighted by Crippen LogP contribution is -2.13. The summed E-state index contributed by atoms with van der Waals surface area (Å²) in [6.07, 6.45) is 1.46. The molecule has 0 aliphatic rings. The lowest BCUT2D eigenvalue weighted by molar-refractivity contribution is -0.0499. The number of nitrogens with zero attached hydrogens (tertiary/aromatic N) is 1. The third-order valence-corrected chi connectivity index (χ3v) is 6.92. The van der Waals surface area contributed by atoms with Crippen LogP contribution >= 0.6 is 24.0 Å². The second kappa shape index (κ2) is 10.8. The first kappa shape index (κ1) is 26.7. The lowest BCUT2D eigenvalue weighted by atomic mass is 10.1. The molecule has 0 saturated carbocycles. The minimum Gasteiger partial charge on any atom is -0.435 e. The van der Waals surface area contributed by atoms with Gasteiger partial charge in [0.25, 0.3) is 10.0 Å². The third kappa shape index (κ3) is 5.67. The second-order valence-electron chi connectivity index (χ2n) is 7.32. The summed E-state index contributed by atoms with van der Waals surface area (Å²) in [5.74, 6) is -0.842. The maximum absolute atomic E-state index is 14.3. The highest BCUT2D eigenvalue weighted by molar-refractivity contribution is 7.90. The highest BCUT2D eigenvalue weighted by atomic mass is 35.5. The predicted octanol–water partition coefficient (Wildman–Crippen LogP) is 6.16. The maximum Gasteiger partial charge on any atom is 0.387 e. The molecule has 6 nitrogen and oxygen atoms in total. The first-order chi connectivity index (χ1) is 16.2. The summed E-state index contributed by atoms with van der Waals surface area (Å²) in [5.41, 5.74) is 1.63. The van der Waals surface area contributed by atoms with Gasteiger partial charge >= 0.3 is 6.61 Å². The Morgan fingerprint density at radius 3 is 2.54 bits per heavy atom. The van der Waals surface area contributed by atoms with Crippen molar-refractivity contribution in [3.05, 3.63) is 83.3 Å². The minimum atomic E-state index is -4.18. The van der Waals surface area contributed by atoms with E-state index in [2.05, 4.69) is 15.4 Å². The zero-order valence-electron chi connectivity index (χ0n) is 18.1. The highest BCUT2D eigenvalue weighted by Crippen LogP contribution is 2.31. The van der Waals surface area contributed by atoms with E-state index in [1.54, 1.807) is 25.2 Å². The van der Waals surface area contributed by atoms with Crippen molar-refractivity contribution in [3.63, 3.8) is 0 Å². The molecule has 1 heterocycles. The Kier molecular flexibility index (Phi) is 8.22. The molecule has 0 unspecified atom stereocenters. The monoisotopic (exact) mass is 545 g/mol. The van der Waals surface area contributed by atoms with E-state index >= 15 is 0 Å². The summed E-state index contributed by atoms with van der Waals surface area (Å²) < 4.78 is 71.8. The van der Waals surface area contributed by atoms with Crippen molar-refractivity contribution in [2.24, 2.45) is 0 Å². The summed E-state index contributed by atoms with van der Waals surface area (Å²) in [6.45, 7) is -2.71. The van der Waals surface area contributed by atoms with E-state index < -0.39 is 22.5 Å². The van der Waals surface area contributed by atoms with E-state index in [-0.39, 0.29) is 33.8 Å². The number of aromatic nitrogens is 1. The van der Waals surface area contributed by atoms with Gasteiger partial charge in [0.2, 0.25) is 0 Å². The number of rotatable bonds is 8. The molecule has 3 aromatic carbocycles. The maximum atomic E-state index is 14.3. The molecule has 4 rings (SSSR count). The number of ether oxygens (including phenoxy) is 1. The molecule has 0 fully saturated rings. The first-order valence-electron chi connectivity index (χ1n) is 10.00. The van der Waals surface area contributed by atoms with Gasteiger partial charge in [-0.2, -0.15) is 8.78 Å². The molecule has 35 heavy (non-hydrogen) atoms. The van der Waals surface area contributed by atoms with Crippen molar-refractivity contribution < 1.29 is 26.3 Å². The van der Waals surface area contributed by atoms with Crippen LogP contribution in [0.25, 0.3) is 10.9 Å². The number of nitrogens with one attached hydrogen (secondary N) is 2. The summed E-state index contributed by atoms with van der Waals surface area (Å²) >= 11 is 5.80. The van der Waals surface area contributed by atoms with Crippen molar-refractivity contribution in [2.45, 2.75) is 18.1 Å². The van der Waals surface area contributed by atoms with Crippen LogP contribution in [0.15, 0.2) is 71.8 Å². The van der Waals surface area contributed by atoms with Gasteiger partial charge in [-0.1, -0.05) is 23.7 Å². The summed E-state index contributed by atoms with van der Waals surface area (Å²) in [5, 5.41) is 6.81. The average Bonchev–Trinajstić information content (AvgIpc) is 3.14. The van der Waals surface area contributed by atoms with E-state index in [0.29, 0.717) is 28.7 Å². The van der Waals surface area contributed by atoms with Crippen LogP contribution in [0.3, 0.4) is 0 Å². The molecule has 0 aliphatic heterocycles. The number of halogens is 5. The van der Waals surface area contributed by atoms with E-state index in [1.807, 2.05) is 0 Å². The van der Waals surface area contributed by atoms with E-state index in [0.717, 1.165) is 16.1 Å². The number of alkyl halides is 2. The number of anilines is 2. The zero-order valence-corrected chi connectivity index (χ0v) is 20.5. The molecule has 0 atom stereocenters. The quantitative estimate of drug-likeness (QED) is 0.277. The topological polar surface area (TPSA) is 72.4 Å². The molecule has 0 amide bonds. The van der Waals surface area contributed by atoms with Crippen molar-refractivity contribution in [2.75, 3.05) is 12.4 Å². The van der Waals surface area contributed by atoms with Gasteiger partial charge in [-0.05, 0) is 55.1 Å². The van der Waals surface area contributed by atoms with E-state index in [9.17, 15) is 21.6 Å². The van der Waals surface area contributed by atoms with E-state index in [1.165, 1.54) is 36.5 Å². The van der Waals surface area contributed by atoms with Gasteiger partial charge in [-0.25, -0.2) is 16.8 Å². The van der Waals surface area contributed by atoms with Gasteiger partial charge in [0, 0.05) is 34.9 Å². The molecule has 12 heteroatoms. The van der Waals surface area contributed by atoms with Crippen molar-refractivity contribution >= 4 is 56.3 Å². The normalized spacial score (nSPS) is 11.5. The van der Waals surface area contributed by atoms with Gasteiger partial charge in [0.1, 0.15) is 11.6 Å². The van der Waals surface area contributed by atoms with Crippen molar-refractivity contribution in [3.8, 4) is 5.75 Å². The summed E-state index contributed by atoms with van der Waals surface area (Å²) in [6, 6.07) is 14.0. The molecule has 4 aromatic rings. The van der Waals surface area contributed by atoms with Gasteiger partial charge in [0.05, 0.1) is 16.1 Å². The van der Waals surface area contributed by atoms with Crippen LogP contribution in [-0.2, 0) is 16.6 Å². The summed E-state index contributed by atoms with van der Waals surface area (Å²) in [7, 11) is -2.46. The molecule has 0 bridgehead atoms. The molecule has 0 radical (unpaired) electrons. The average molecular weight is 546 g/mol. The van der Waals surface area contributed by atoms with Crippen molar-refractivity contribution in [1.82, 2.24) is 9.29 Å². The Balaban J connectivity index is 0.00000342. The molecular formula is C23H20Cl2F3N3O3S. The molecule has 0 aliphatic carbocycles. The number of hydrogen-bond donors (Lipinski definition) is 2. The molecule has 0 saturated heterocycles. The number of fused-ring (bicyclic) bond motifs is 1. The third-order valence-electron chi connectivity index (χ3n) is 5.02. The molecule has 1 aromatic heterocycles. The molecular weight excluding hydrogens is 526 g/mol. The Morgan fingerprint density at radius 1 is 1.09 bits per heavy atom. The van der Waals surface area contributed by atoms with Crippen LogP contribution in [0.4, 0.5) is 24.5 Å². The fourth-order valence-electron chi connectivity index (χ4n) is 3.54. The fourth-order valence-corrected chi connectivity index (χ4v) is 5.12. The van der Waals surface area contributed by atoms with Gasteiger partial charge in [-0.3, -0.25) is 0 Å². The Labute approximate surface area is 211 Å². The smallest absolute Gasteiger partial charge is 0.387 e. The van der Waals surface area contributed by atoms with Crippen LogP contribution in [0.1, 0.15) is 5.56 Å². The Bertz CT molecular complexity index is 1460. The second-order valence-corrected chi connectivity index (χ2v) is 9.57. The van der Waals surface area contributed by atoms with Crippen LogP contribution < -0.4 is 15.4 Å². The van der Waals surface area contributed by atoms with Gasteiger partial charge in [-0.15, -0.1) is 12.4 Å². The molecule has 0 spiro atoms. The number of benzene rings is 3. The van der Waals surface area contributed by atoms with Crippen LogP contribution in [0.2, 0.25) is 5.02 Å². The predicted molar refractivity (Wildman–Crippen MR) is 132 cm³/mol. The largest absolute Gasteiger partial charge is 0.435 e. The van der Waals surface area contributed by atoms with Gasteiger partial charge in [0.15, 0.2) is 0 Å². The molecule has 186 valence electrons. The van der Waals surface area contributed by atoms with Crippen LogP contribution in [0.5, 0.6) is 5.75 Å². The zero-order chi connectivity index (χ0) is 24.5. The Hall–Kier alpha value is -2.92. The number of hydrogen-bond acceptors (Lipinski definition) is 5. The summed E-state index contributed by atoms with van der Waals surface area (Å²) in [4.78, 5) is -0.222. The Morgan fingerprint density at radius 2 is 1.86 bits per heavy atom. The first-order valence-corrected chi connectivity index (χ1v) is 11.8. The van der Waals surface area contributed by atoms with Gasteiger partial charge < -0.3 is 15.4 Å². The standard InChI is InChI=1S/C23H19ClF3N3O3S.ClH/c1-28-12-14-13-30(34(31,32)18-4-2-3-17(11-18)33-23(26)27)22-10-16(6-7-19(14)22)29-21-8-5-15(24)9-20(21)25;/h2-11,13,23,28-29H,12H2,1H3;1H. The molecule has 2 N–H and O–H groups in total. The lowest BCUT2D eigenvalue weighted by Gasteiger charge is -2.12. The van der Waals surface area contributed by atoms with Crippen LogP contribution in [-0.4, -0.2) is 26.0 Å². The fraction of sp³-hybridized carbons (Fsp3) is 0.130. The van der Waals surface area contributed by atoms with Crippen molar-refractivity contribution in [1.29, 1.82) is 0 Å².